The van der Waals surface area contributed by atoms with Gasteiger partial charge in [-0.25, -0.2) is 15.0 Å². The van der Waals surface area contributed by atoms with Crippen LogP contribution in [0.25, 0.3) is 11.2 Å². The normalized spacial score (nSPS) is 19.7. The summed E-state index contributed by atoms with van der Waals surface area (Å²) in [6.45, 7) is 0. The Hall–Kier alpha value is -1.98. The summed E-state index contributed by atoms with van der Waals surface area (Å²) in [6, 6.07) is -0.0973. The molecule has 0 aliphatic heterocycles. The fourth-order valence-corrected chi connectivity index (χ4v) is 2.49. The molecular formula is C12H15N5O. The highest BCUT2D eigenvalue weighted by Crippen LogP contribution is 2.30. The predicted octanol–water partition coefficient (Wildman–Crippen LogP) is 1.19. The lowest BCUT2D eigenvalue weighted by molar-refractivity contribution is -0.120. The molecule has 0 aromatic carbocycles. The Balaban J connectivity index is 2.15. The standard InChI is InChI=1S/C12H15N5O/c1-16(2)11-10-12(14-6-13-11)17(7-15-10)8-4-3-5-9(8)18/h6-8H,3-5H2,1-2H3. The Labute approximate surface area is 105 Å². The van der Waals surface area contributed by atoms with E-state index in [1.54, 1.807) is 6.33 Å². The minimum atomic E-state index is -0.0973. The lowest BCUT2D eigenvalue weighted by atomic mass is 10.2. The van der Waals surface area contributed by atoms with Crippen LogP contribution in [0, 0.1) is 0 Å². The minimum Gasteiger partial charge on any atom is -0.361 e. The average molecular weight is 245 g/mol. The number of nitrogens with zero attached hydrogens (tertiary/aromatic N) is 5. The van der Waals surface area contributed by atoms with Gasteiger partial charge in [0.1, 0.15) is 6.33 Å². The molecule has 2 aromatic rings. The molecule has 0 N–H and O–H groups in total. The van der Waals surface area contributed by atoms with Crippen LogP contribution in [0.5, 0.6) is 0 Å². The van der Waals surface area contributed by atoms with Crippen LogP contribution in [0.3, 0.4) is 0 Å². The van der Waals surface area contributed by atoms with Crippen LogP contribution in [0.2, 0.25) is 0 Å². The van der Waals surface area contributed by atoms with Gasteiger partial charge < -0.3 is 9.47 Å². The first-order valence-corrected chi connectivity index (χ1v) is 6.06. The van der Waals surface area contributed by atoms with Crippen LogP contribution < -0.4 is 4.90 Å². The number of fused-ring (bicyclic) bond motifs is 1. The van der Waals surface area contributed by atoms with E-state index in [1.165, 1.54) is 6.33 Å². The fraction of sp³-hybridized carbons (Fsp3) is 0.500. The minimum absolute atomic E-state index is 0.0973. The summed E-state index contributed by atoms with van der Waals surface area (Å²) < 4.78 is 1.89. The molecule has 1 atom stereocenters. The molecule has 1 aliphatic rings. The Kier molecular flexibility index (Phi) is 2.50. The summed E-state index contributed by atoms with van der Waals surface area (Å²) in [5.74, 6) is 1.06. The van der Waals surface area contributed by atoms with Crippen molar-refractivity contribution in [1.82, 2.24) is 19.5 Å². The summed E-state index contributed by atoms with van der Waals surface area (Å²) in [4.78, 5) is 26.6. The molecule has 94 valence electrons. The predicted molar refractivity (Wildman–Crippen MR) is 67.5 cm³/mol. The van der Waals surface area contributed by atoms with Gasteiger partial charge in [-0.3, -0.25) is 4.79 Å². The van der Waals surface area contributed by atoms with E-state index < -0.39 is 0 Å². The molecule has 1 fully saturated rings. The molecule has 1 saturated carbocycles. The van der Waals surface area contributed by atoms with Gasteiger partial charge in [0.25, 0.3) is 0 Å². The van der Waals surface area contributed by atoms with Crippen molar-refractivity contribution in [3.8, 4) is 0 Å². The number of carbonyl (C=O) groups excluding carboxylic acids is 1. The molecule has 6 heteroatoms. The summed E-state index contributed by atoms with van der Waals surface area (Å²) in [5, 5.41) is 0. The number of hydrogen-bond acceptors (Lipinski definition) is 5. The zero-order chi connectivity index (χ0) is 12.7. The molecule has 6 nitrogen and oxygen atoms in total. The molecule has 3 rings (SSSR count). The van der Waals surface area contributed by atoms with Crippen molar-refractivity contribution in [2.45, 2.75) is 25.3 Å². The number of Topliss-reactive ketones (excluding diaryl/α,β-unsaturated/α-hetero) is 1. The molecule has 0 saturated heterocycles. The smallest absolute Gasteiger partial charge is 0.166 e. The third-order valence-electron chi connectivity index (χ3n) is 3.37. The van der Waals surface area contributed by atoms with Crippen LogP contribution in [-0.4, -0.2) is 39.4 Å². The topological polar surface area (TPSA) is 63.9 Å². The van der Waals surface area contributed by atoms with Gasteiger partial charge in [-0.1, -0.05) is 0 Å². The first-order chi connectivity index (χ1) is 8.68. The number of aromatic nitrogens is 4. The van der Waals surface area contributed by atoms with E-state index in [1.807, 2.05) is 23.6 Å². The molecule has 1 unspecified atom stereocenters. The Morgan fingerprint density at radius 2 is 2.17 bits per heavy atom. The maximum atomic E-state index is 11.8. The van der Waals surface area contributed by atoms with Gasteiger partial charge >= 0.3 is 0 Å². The van der Waals surface area contributed by atoms with Crippen LogP contribution in [0.4, 0.5) is 5.82 Å². The third kappa shape index (κ3) is 1.56. The molecule has 0 spiro atoms. The van der Waals surface area contributed by atoms with Crippen molar-refractivity contribution in [1.29, 1.82) is 0 Å². The quantitative estimate of drug-likeness (QED) is 0.795. The van der Waals surface area contributed by atoms with Gasteiger partial charge in [-0.05, 0) is 12.8 Å². The molecule has 18 heavy (non-hydrogen) atoms. The molecule has 1 aliphatic carbocycles. The number of anilines is 1. The fourth-order valence-electron chi connectivity index (χ4n) is 2.49. The Morgan fingerprint density at radius 1 is 1.33 bits per heavy atom. The number of ketones is 1. The maximum absolute atomic E-state index is 11.8. The van der Waals surface area contributed by atoms with Gasteiger partial charge in [0.15, 0.2) is 22.8 Å². The SMILES string of the molecule is CN(C)c1ncnc2c1ncn2C1CCCC1=O. The average Bonchev–Trinajstić information content (AvgIpc) is 2.93. The van der Waals surface area contributed by atoms with Gasteiger partial charge in [0, 0.05) is 20.5 Å². The maximum Gasteiger partial charge on any atom is 0.166 e. The second-order valence-electron chi connectivity index (χ2n) is 4.79. The van der Waals surface area contributed by atoms with Crippen LogP contribution in [0.15, 0.2) is 12.7 Å². The lowest BCUT2D eigenvalue weighted by Gasteiger charge is -2.12. The monoisotopic (exact) mass is 245 g/mol. The second-order valence-corrected chi connectivity index (χ2v) is 4.79. The van der Waals surface area contributed by atoms with Gasteiger partial charge in [-0.2, -0.15) is 0 Å². The van der Waals surface area contributed by atoms with Crippen LogP contribution in [-0.2, 0) is 4.79 Å². The highest BCUT2D eigenvalue weighted by molar-refractivity contribution is 5.88. The highest BCUT2D eigenvalue weighted by Gasteiger charge is 2.28. The van der Waals surface area contributed by atoms with E-state index in [2.05, 4.69) is 15.0 Å². The van der Waals surface area contributed by atoms with E-state index >= 15 is 0 Å². The Morgan fingerprint density at radius 3 is 2.83 bits per heavy atom. The number of hydrogen-bond donors (Lipinski definition) is 0. The molecular weight excluding hydrogens is 230 g/mol. The summed E-state index contributed by atoms with van der Waals surface area (Å²) in [6.07, 6.45) is 5.73. The van der Waals surface area contributed by atoms with Gasteiger partial charge in [0.2, 0.25) is 0 Å². The van der Waals surface area contributed by atoms with Crippen molar-refractivity contribution in [2.75, 3.05) is 19.0 Å². The van der Waals surface area contributed by atoms with Crippen LogP contribution >= 0.6 is 0 Å². The van der Waals surface area contributed by atoms with Crippen molar-refractivity contribution in [2.24, 2.45) is 0 Å². The van der Waals surface area contributed by atoms with Crippen molar-refractivity contribution in [3.63, 3.8) is 0 Å². The number of imidazole rings is 1. The zero-order valence-corrected chi connectivity index (χ0v) is 10.5. The first-order valence-electron chi connectivity index (χ1n) is 6.06. The summed E-state index contributed by atoms with van der Waals surface area (Å²) in [7, 11) is 3.84. The van der Waals surface area contributed by atoms with Crippen molar-refractivity contribution < 1.29 is 4.79 Å². The number of rotatable bonds is 2. The van der Waals surface area contributed by atoms with E-state index in [0.717, 1.165) is 29.8 Å². The molecule has 0 radical (unpaired) electrons. The lowest BCUT2D eigenvalue weighted by Crippen LogP contribution is -2.14. The number of carbonyl (C=O) groups is 1. The zero-order valence-electron chi connectivity index (χ0n) is 10.5. The van der Waals surface area contributed by atoms with Crippen molar-refractivity contribution in [3.05, 3.63) is 12.7 Å². The van der Waals surface area contributed by atoms with Gasteiger partial charge in [-0.15, -0.1) is 0 Å². The van der Waals surface area contributed by atoms with E-state index in [4.69, 9.17) is 0 Å². The largest absolute Gasteiger partial charge is 0.361 e. The molecule has 2 heterocycles. The molecule has 0 bridgehead atoms. The van der Waals surface area contributed by atoms with Crippen LogP contribution in [0.1, 0.15) is 25.3 Å². The first kappa shape index (κ1) is 11.1. The summed E-state index contributed by atoms with van der Waals surface area (Å²) in [5.41, 5.74) is 1.50. The summed E-state index contributed by atoms with van der Waals surface area (Å²) >= 11 is 0. The molecule has 0 amide bonds. The van der Waals surface area contributed by atoms with E-state index in [0.29, 0.717) is 6.42 Å². The van der Waals surface area contributed by atoms with Gasteiger partial charge in [0.05, 0.1) is 12.4 Å². The second kappa shape index (κ2) is 4.04. The van der Waals surface area contributed by atoms with Crippen molar-refractivity contribution >= 4 is 22.8 Å². The van der Waals surface area contributed by atoms with E-state index in [9.17, 15) is 4.79 Å². The Bertz CT molecular complexity index is 604. The third-order valence-corrected chi connectivity index (χ3v) is 3.37. The van der Waals surface area contributed by atoms with E-state index in [-0.39, 0.29) is 11.8 Å². The molecule has 2 aromatic heterocycles. The highest BCUT2D eigenvalue weighted by atomic mass is 16.1.